The Labute approximate surface area is 168 Å². The van der Waals surface area contributed by atoms with Gasteiger partial charge in [0.25, 0.3) is 0 Å². The number of ether oxygens (including phenoxy) is 5. The maximum Gasteiger partial charge on any atom is 0.186 e. The molecule has 1 aromatic carbocycles. The van der Waals surface area contributed by atoms with Crippen molar-refractivity contribution in [3.05, 3.63) is 29.1 Å². The third kappa shape index (κ3) is 4.96. The molecule has 0 aliphatic carbocycles. The van der Waals surface area contributed by atoms with E-state index in [1.54, 1.807) is 11.8 Å². The van der Waals surface area contributed by atoms with Crippen molar-refractivity contribution < 1.29 is 23.7 Å². The van der Waals surface area contributed by atoms with Gasteiger partial charge < -0.3 is 23.7 Å². The molecule has 28 heavy (non-hydrogen) atoms. The number of hydrogen-bond acceptors (Lipinski definition) is 8. The van der Waals surface area contributed by atoms with Crippen molar-refractivity contribution in [2.24, 2.45) is 0 Å². The zero-order chi connectivity index (χ0) is 19.2. The first-order chi connectivity index (χ1) is 13.8. The van der Waals surface area contributed by atoms with E-state index in [0.717, 1.165) is 28.2 Å². The Morgan fingerprint density at radius 1 is 0.821 bits per heavy atom. The van der Waals surface area contributed by atoms with Gasteiger partial charge in [0.1, 0.15) is 19.0 Å². The van der Waals surface area contributed by atoms with Crippen molar-refractivity contribution >= 4 is 11.8 Å². The van der Waals surface area contributed by atoms with Crippen molar-refractivity contribution in [3.63, 3.8) is 0 Å². The lowest BCUT2D eigenvalue weighted by atomic mass is 10.1. The fourth-order valence-electron chi connectivity index (χ4n) is 3.06. The Balaban J connectivity index is 1.53. The van der Waals surface area contributed by atoms with Gasteiger partial charge in [-0.2, -0.15) is 5.10 Å². The quantitative estimate of drug-likeness (QED) is 0.657. The largest absolute Gasteiger partial charge is 0.487 e. The van der Waals surface area contributed by atoms with E-state index >= 15 is 0 Å². The molecule has 2 aromatic rings. The van der Waals surface area contributed by atoms with Crippen LogP contribution in [0.1, 0.15) is 17.0 Å². The highest BCUT2D eigenvalue weighted by Gasteiger charge is 2.20. The molecule has 0 radical (unpaired) electrons. The van der Waals surface area contributed by atoms with Gasteiger partial charge >= 0.3 is 0 Å². The Hall–Kier alpha value is -1.81. The van der Waals surface area contributed by atoms with Gasteiger partial charge in [-0.3, -0.25) is 0 Å². The molecule has 152 valence electrons. The summed E-state index contributed by atoms with van der Waals surface area (Å²) in [6.45, 7) is 6.71. The van der Waals surface area contributed by atoms with E-state index in [4.69, 9.17) is 23.7 Å². The number of hydrogen-bond donors (Lipinski definition) is 0. The number of thioether (sulfide) groups is 1. The molecule has 9 heteroatoms. The average Bonchev–Trinajstić information content (AvgIpc) is 2.95. The number of fused-ring (bicyclic) bond motifs is 3. The van der Waals surface area contributed by atoms with Crippen molar-refractivity contribution in [2.45, 2.75) is 24.4 Å². The molecule has 1 aromatic heterocycles. The fourth-order valence-corrected chi connectivity index (χ4v) is 4.07. The Morgan fingerprint density at radius 3 is 2.04 bits per heavy atom. The first-order valence-corrected chi connectivity index (χ1v) is 10.5. The zero-order valence-electron chi connectivity index (χ0n) is 16.0. The lowest BCUT2D eigenvalue weighted by Crippen LogP contribution is -2.13. The van der Waals surface area contributed by atoms with Crippen LogP contribution in [0.5, 0.6) is 11.5 Å². The minimum Gasteiger partial charge on any atom is -0.487 e. The van der Waals surface area contributed by atoms with Crippen LogP contribution >= 0.6 is 11.8 Å². The van der Waals surface area contributed by atoms with Gasteiger partial charge in [-0.05, 0) is 30.2 Å². The molecule has 0 atom stereocenters. The van der Waals surface area contributed by atoms with Gasteiger partial charge in [0.05, 0.1) is 46.2 Å². The maximum absolute atomic E-state index is 5.98. The van der Waals surface area contributed by atoms with E-state index in [0.29, 0.717) is 59.4 Å². The lowest BCUT2D eigenvalue weighted by molar-refractivity contribution is 0.00708. The van der Waals surface area contributed by atoms with Gasteiger partial charge in [-0.1, -0.05) is 11.8 Å². The van der Waals surface area contributed by atoms with E-state index < -0.39 is 0 Å². The van der Waals surface area contributed by atoms with Crippen LogP contribution in [0.3, 0.4) is 0 Å². The summed E-state index contributed by atoms with van der Waals surface area (Å²) in [5.74, 6) is 3.07. The molecule has 0 bridgehead atoms. The summed E-state index contributed by atoms with van der Waals surface area (Å²) < 4.78 is 30.4. The van der Waals surface area contributed by atoms with Gasteiger partial charge in [0, 0.05) is 5.75 Å². The van der Waals surface area contributed by atoms with Crippen molar-refractivity contribution in [1.29, 1.82) is 0 Å². The normalized spacial score (nSPS) is 18.9. The molecule has 2 aliphatic heterocycles. The fraction of sp³-hybridized carbons (Fsp3) is 0.579. The SMILES string of the molecule is Cc1nc2n(n1)Cc1cc3c(cc1CS2)OCCOCCOCCOCCO3. The van der Waals surface area contributed by atoms with Crippen molar-refractivity contribution in [2.75, 3.05) is 52.9 Å². The van der Waals surface area contributed by atoms with Crippen LogP contribution in [0.25, 0.3) is 0 Å². The van der Waals surface area contributed by atoms with E-state index in [2.05, 4.69) is 22.2 Å². The molecule has 0 amide bonds. The maximum atomic E-state index is 5.98. The minimum absolute atomic E-state index is 0.452. The molecule has 0 saturated heterocycles. The van der Waals surface area contributed by atoms with Crippen LogP contribution in [-0.2, 0) is 26.5 Å². The molecule has 4 rings (SSSR count). The molecule has 2 aliphatic rings. The van der Waals surface area contributed by atoms with E-state index in [-0.39, 0.29) is 0 Å². The molecule has 8 nitrogen and oxygen atoms in total. The van der Waals surface area contributed by atoms with E-state index in [9.17, 15) is 0 Å². The predicted molar refractivity (Wildman–Crippen MR) is 103 cm³/mol. The van der Waals surface area contributed by atoms with Crippen LogP contribution < -0.4 is 9.47 Å². The second kappa shape index (κ2) is 9.60. The number of rotatable bonds is 0. The second-order valence-corrected chi connectivity index (χ2v) is 7.43. The van der Waals surface area contributed by atoms with Gasteiger partial charge in [0.2, 0.25) is 0 Å². The average molecular weight is 407 g/mol. The van der Waals surface area contributed by atoms with E-state index in [1.165, 1.54) is 11.1 Å². The van der Waals surface area contributed by atoms with Gasteiger partial charge in [-0.25, -0.2) is 9.67 Å². The molecule has 0 saturated carbocycles. The first kappa shape index (κ1) is 19.5. The highest BCUT2D eigenvalue weighted by Crippen LogP contribution is 2.36. The van der Waals surface area contributed by atoms with Crippen LogP contribution in [0, 0.1) is 6.92 Å². The minimum atomic E-state index is 0.452. The van der Waals surface area contributed by atoms with Crippen LogP contribution in [0.15, 0.2) is 17.3 Å². The summed E-state index contributed by atoms with van der Waals surface area (Å²) in [5.41, 5.74) is 2.38. The molecule has 3 heterocycles. The zero-order valence-corrected chi connectivity index (χ0v) is 16.8. The van der Waals surface area contributed by atoms with Crippen LogP contribution in [0.2, 0.25) is 0 Å². The molecular formula is C19H25N3O5S. The Kier molecular flexibility index (Phi) is 6.69. The van der Waals surface area contributed by atoms with Gasteiger partial charge in [-0.15, -0.1) is 0 Å². The summed E-state index contributed by atoms with van der Waals surface area (Å²) in [7, 11) is 0. The molecule has 0 N–H and O–H groups in total. The second-order valence-electron chi connectivity index (χ2n) is 6.49. The first-order valence-electron chi connectivity index (χ1n) is 9.48. The molecular weight excluding hydrogens is 382 g/mol. The monoisotopic (exact) mass is 407 g/mol. The molecule has 0 spiro atoms. The topological polar surface area (TPSA) is 76.9 Å². The highest BCUT2D eigenvalue weighted by atomic mass is 32.2. The standard InChI is InChI=1S/C19H25N3O5S/c1-14-20-19-22(21-14)12-15-10-17-18(11-16(15)13-28-19)27-9-7-25-5-3-23-2-4-24-6-8-26-17/h10-11H,2-9,12-13H2,1H3. The Morgan fingerprint density at radius 2 is 1.39 bits per heavy atom. The predicted octanol–water partition coefficient (Wildman–Crippen LogP) is 2.06. The number of aryl methyl sites for hydroxylation is 1. The summed E-state index contributed by atoms with van der Waals surface area (Å²) in [5, 5.41) is 5.44. The summed E-state index contributed by atoms with van der Waals surface area (Å²) in [4.78, 5) is 4.50. The summed E-state index contributed by atoms with van der Waals surface area (Å²) >= 11 is 1.69. The third-order valence-corrected chi connectivity index (χ3v) is 5.42. The Bertz CT molecular complexity index is 798. The third-order valence-electron chi connectivity index (χ3n) is 4.40. The van der Waals surface area contributed by atoms with Crippen LogP contribution in [-0.4, -0.2) is 67.6 Å². The van der Waals surface area contributed by atoms with E-state index in [1.807, 2.05) is 11.6 Å². The van der Waals surface area contributed by atoms with Crippen molar-refractivity contribution in [1.82, 2.24) is 14.8 Å². The number of nitrogens with zero attached hydrogens (tertiary/aromatic N) is 3. The number of benzene rings is 1. The van der Waals surface area contributed by atoms with Crippen molar-refractivity contribution in [3.8, 4) is 11.5 Å². The van der Waals surface area contributed by atoms with Gasteiger partial charge in [0.15, 0.2) is 16.7 Å². The molecule has 0 fully saturated rings. The summed E-state index contributed by atoms with van der Waals surface area (Å²) in [6.07, 6.45) is 0. The highest BCUT2D eigenvalue weighted by molar-refractivity contribution is 7.98. The number of aromatic nitrogens is 3. The lowest BCUT2D eigenvalue weighted by Gasteiger charge is -2.16. The smallest absolute Gasteiger partial charge is 0.186 e. The molecule has 0 unspecified atom stereocenters. The van der Waals surface area contributed by atoms with Crippen LogP contribution in [0.4, 0.5) is 0 Å². The summed E-state index contributed by atoms with van der Waals surface area (Å²) in [6, 6.07) is 4.12.